The summed E-state index contributed by atoms with van der Waals surface area (Å²) in [4.78, 5) is 4.08. The van der Waals surface area contributed by atoms with Crippen LogP contribution in [-0.2, 0) is 0 Å². The van der Waals surface area contributed by atoms with Crippen LogP contribution in [0.25, 0.3) is 11.1 Å². The van der Waals surface area contributed by atoms with E-state index in [2.05, 4.69) is 58.7 Å². The lowest BCUT2D eigenvalue weighted by Crippen LogP contribution is -2.07. The second-order valence-electron chi connectivity index (χ2n) is 6.11. The molecule has 24 heavy (non-hydrogen) atoms. The summed E-state index contributed by atoms with van der Waals surface area (Å²) >= 11 is 0. The Morgan fingerprint density at radius 2 is 1.50 bits per heavy atom. The van der Waals surface area contributed by atoms with E-state index in [-0.39, 0.29) is 5.92 Å². The molecule has 0 fully saturated rings. The second-order valence-corrected chi connectivity index (χ2v) is 6.11. The number of oxime groups is 1. The number of pyridine rings is 1. The third kappa shape index (κ3) is 2.48. The molecule has 0 saturated heterocycles. The van der Waals surface area contributed by atoms with E-state index in [1.165, 1.54) is 22.3 Å². The Bertz CT molecular complexity index is 828. The monoisotopic (exact) mass is 314 g/mol. The molecule has 0 saturated carbocycles. The Morgan fingerprint density at radius 1 is 0.917 bits per heavy atom. The number of benzene rings is 2. The van der Waals surface area contributed by atoms with Crippen LogP contribution in [-0.4, -0.2) is 16.4 Å². The van der Waals surface area contributed by atoms with E-state index < -0.39 is 0 Å². The average Bonchev–Trinajstić information content (AvgIpc) is 2.96. The third-order valence-electron chi connectivity index (χ3n) is 4.83. The number of hydrogen-bond acceptors (Lipinski definition) is 3. The zero-order valence-electron chi connectivity index (χ0n) is 13.2. The van der Waals surface area contributed by atoms with Crippen molar-refractivity contribution in [3.63, 3.8) is 0 Å². The maximum atomic E-state index is 9.12. The zero-order chi connectivity index (χ0) is 16.4. The van der Waals surface area contributed by atoms with Gasteiger partial charge in [-0.15, -0.1) is 5.16 Å². The molecule has 1 aliphatic carbocycles. The minimum atomic E-state index is 0.0437. The number of fused-ring (bicyclic) bond motifs is 3. The molecule has 3 heteroatoms. The number of hydrogen-bond donors (Lipinski definition) is 1. The molecular weight excluding hydrogens is 296 g/mol. The zero-order valence-corrected chi connectivity index (χ0v) is 13.2. The predicted octanol–water partition coefficient (Wildman–Crippen LogP) is 4.83. The summed E-state index contributed by atoms with van der Waals surface area (Å²) in [7, 11) is 0. The van der Waals surface area contributed by atoms with Gasteiger partial charge < -0.3 is 5.21 Å². The van der Waals surface area contributed by atoms with Gasteiger partial charge in [0.05, 0.1) is 6.21 Å². The van der Waals surface area contributed by atoms with Crippen molar-refractivity contribution in [2.45, 2.75) is 18.3 Å². The summed E-state index contributed by atoms with van der Waals surface area (Å²) in [6.07, 6.45) is 6.05. The molecule has 1 heterocycles. The molecule has 2 aromatic carbocycles. The Balaban J connectivity index is 1.76. The van der Waals surface area contributed by atoms with E-state index in [9.17, 15) is 0 Å². The first-order valence-corrected chi connectivity index (χ1v) is 8.14. The van der Waals surface area contributed by atoms with E-state index >= 15 is 0 Å². The summed E-state index contributed by atoms with van der Waals surface area (Å²) < 4.78 is 0. The van der Waals surface area contributed by atoms with Crippen molar-refractivity contribution in [2.24, 2.45) is 5.16 Å². The molecule has 1 unspecified atom stereocenters. The van der Waals surface area contributed by atoms with Gasteiger partial charge in [-0.25, -0.2) is 0 Å². The fourth-order valence-electron chi connectivity index (χ4n) is 3.74. The van der Waals surface area contributed by atoms with Gasteiger partial charge in [-0.05, 0) is 46.4 Å². The molecule has 3 aromatic rings. The fraction of sp³-hybridized carbons (Fsp3) is 0.143. The highest BCUT2D eigenvalue weighted by Crippen LogP contribution is 2.48. The summed E-state index contributed by atoms with van der Waals surface area (Å²) in [5.74, 6) is 0.343. The lowest BCUT2D eigenvalue weighted by molar-refractivity contribution is 0.319. The van der Waals surface area contributed by atoms with E-state index in [0.717, 1.165) is 12.0 Å². The van der Waals surface area contributed by atoms with Gasteiger partial charge >= 0.3 is 0 Å². The molecule has 0 bridgehead atoms. The molecule has 0 aliphatic heterocycles. The van der Waals surface area contributed by atoms with Crippen molar-refractivity contribution < 1.29 is 5.21 Å². The topological polar surface area (TPSA) is 45.5 Å². The molecule has 4 rings (SSSR count). The number of aromatic nitrogens is 1. The molecule has 118 valence electrons. The van der Waals surface area contributed by atoms with Crippen LogP contribution in [0.2, 0.25) is 0 Å². The van der Waals surface area contributed by atoms with Crippen molar-refractivity contribution in [1.29, 1.82) is 0 Å². The summed E-state index contributed by atoms with van der Waals surface area (Å²) in [5, 5.41) is 12.4. The Labute approximate surface area is 141 Å². The molecule has 1 N–H and O–H groups in total. The van der Waals surface area contributed by atoms with Gasteiger partial charge in [-0.3, -0.25) is 4.98 Å². The Hall–Kier alpha value is -2.94. The predicted molar refractivity (Wildman–Crippen MR) is 95.6 cm³/mol. The van der Waals surface area contributed by atoms with E-state index in [4.69, 9.17) is 5.21 Å². The van der Waals surface area contributed by atoms with Crippen molar-refractivity contribution in [3.8, 4) is 11.1 Å². The van der Waals surface area contributed by atoms with Crippen LogP contribution in [0, 0.1) is 0 Å². The minimum absolute atomic E-state index is 0.0437. The van der Waals surface area contributed by atoms with Crippen LogP contribution in [0.3, 0.4) is 0 Å². The highest BCUT2D eigenvalue weighted by atomic mass is 16.4. The minimum Gasteiger partial charge on any atom is -0.411 e. The highest BCUT2D eigenvalue weighted by Gasteiger charge is 2.30. The summed E-state index contributed by atoms with van der Waals surface area (Å²) in [5.41, 5.74) is 6.44. The second kappa shape index (κ2) is 6.28. The smallest absolute Gasteiger partial charge is 0.0511 e. The fourth-order valence-corrected chi connectivity index (χ4v) is 3.74. The highest BCUT2D eigenvalue weighted by molar-refractivity contribution is 5.79. The van der Waals surface area contributed by atoms with Crippen LogP contribution >= 0.6 is 0 Å². The average molecular weight is 314 g/mol. The normalized spacial score (nSPS) is 14.5. The van der Waals surface area contributed by atoms with Crippen LogP contribution < -0.4 is 0 Å². The van der Waals surface area contributed by atoms with Crippen LogP contribution in [0.15, 0.2) is 78.2 Å². The van der Waals surface area contributed by atoms with Crippen molar-refractivity contribution in [2.75, 3.05) is 0 Å². The molecule has 1 atom stereocenters. The third-order valence-corrected chi connectivity index (χ3v) is 4.83. The first kappa shape index (κ1) is 14.6. The quantitative estimate of drug-likeness (QED) is 0.426. The molecule has 1 aliphatic rings. The lowest BCUT2D eigenvalue weighted by atomic mass is 9.84. The molecule has 1 aromatic heterocycles. The van der Waals surface area contributed by atoms with E-state index in [1.807, 2.05) is 12.1 Å². The maximum Gasteiger partial charge on any atom is 0.0511 e. The van der Waals surface area contributed by atoms with Crippen molar-refractivity contribution >= 4 is 6.21 Å². The molecule has 3 nitrogen and oxygen atoms in total. The van der Waals surface area contributed by atoms with Gasteiger partial charge in [0.25, 0.3) is 0 Å². The van der Waals surface area contributed by atoms with Crippen LogP contribution in [0.5, 0.6) is 0 Å². The SMILES string of the molecule is ON=CC(CC1c2ccccc2-c2ccccc21)c1ccncc1. The van der Waals surface area contributed by atoms with Crippen molar-refractivity contribution in [3.05, 3.63) is 89.7 Å². The maximum absolute atomic E-state index is 9.12. The van der Waals surface area contributed by atoms with E-state index in [0.29, 0.717) is 5.92 Å². The van der Waals surface area contributed by atoms with Gasteiger partial charge in [0.15, 0.2) is 0 Å². The lowest BCUT2D eigenvalue weighted by Gasteiger charge is -2.19. The number of nitrogens with zero attached hydrogens (tertiary/aromatic N) is 2. The molecular formula is C21H18N2O. The largest absolute Gasteiger partial charge is 0.411 e. The van der Waals surface area contributed by atoms with Gasteiger partial charge in [0, 0.05) is 24.2 Å². The summed E-state index contributed by atoms with van der Waals surface area (Å²) in [6, 6.07) is 21.1. The molecule has 0 radical (unpaired) electrons. The van der Waals surface area contributed by atoms with Crippen molar-refractivity contribution in [1.82, 2.24) is 4.98 Å². The first-order valence-electron chi connectivity index (χ1n) is 8.14. The van der Waals surface area contributed by atoms with Crippen LogP contribution in [0.4, 0.5) is 0 Å². The standard InChI is InChI=1S/C21H18N2O/c24-23-14-16(15-9-11-22-12-10-15)13-21-19-7-3-1-5-17(19)18-6-2-4-8-20(18)21/h1-12,14,16,21,24H,13H2. The molecule has 0 amide bonds. The van der Waals surface area contributed by atoms with E-state index in [1.54, 1.807) is 18.6 Å². The Morgan fingerprint density at radius 3 is 2.08 bits per heavy atom. The molecule has 0 spiro atoms. The van der Waals surface area contributed by atoms with Gasteiger partial charge in [0.2, 0.25) is 0 Å². The number of rotatable bonds is 4. The van der Waals surface area contributed by atoms with Gasteiger partial charge in [-0.1, -0.05) is 48.5 Å². The van der Waals surface area contributed by atoms with Crippen LogP contribution in [0.1, 0.15) is 34.9 Å². The van der Waals surface area contributed by atoms with Gasteiger partial charge in [-0.2, -0.15) is 0 Å². The first-order chi connectivity index (χ1) is 11.9. The van der Waals surface area contributed by atoms with Gasteiger partial charge in [0.1, 0.15) is 0 Å². The summed E-state index contributed by atoms with van der Waals surface area (Å²) in [6.45, 7) is 0. The Kier molecular flexibility index (Phi) is 3.83.